The molecule has 0 amide bonds. The first-order valence-electron chi connectivity index (χ1n) is 5.41. The summed E-state index contributed by atoms with van der Waals surface area (Å²) >= 11 is 1.68. The molecule has 0 aliphatic carbocycles. The van der Waals surface area contributed by atoms with Crippen molar-refractivity contribution < 1.29 is 0 Å². The van der Waals surface area contributed by atoms with E-state index in [2.05, 4.69) is 51.9 Å². The minimum Gasteiger partial charge on any atom is -0.319 e. The monoisotopic (exact) mass is 226 g/mol. The molecule has 3 heteroatoms. The van der Waals surface area contributed by atoms with E-state index in [0.29, 0.717) is 5.92 Å². The normalized spacial score (nSPS) is 16.8. The number of thiazole rings is 1. The molecule has 2 nitrogen and oxygen atoms in total. The summed E-state index contributed by atoms with van der Waals surface area (Å²) in [5, 5.41) is 3.17. The van der Waals surface area contributed by atoms with Gasteiger partial charge in [0.25, 0.3) is 0 Å². The van der Waals surface area contributed by atoms with Gasteiger partial charge >= 0.3 is 0 Å². The van der Waals surface area contributed by atoms with Crippen LogP contribution in [0.1, 0.15) is 52.2 Å². The zero-order chi connectivity index (χ0) is 11.9. The average molecular weight is 226 g/mol. The van der Waals surface area contributed by atoms with E-state index in [1.165, 1.54) is 0 Å². The van der Waals surface area contributed by atoms with E-state index in [0.717, 1.165) is 10.7 Å². The Kier molecular flexibility index (Phi) is 3.27. The lowest BCUT2D eigenvalue weighted by atomic mass is 9.89. The maximum Gasteiger partial charge on any atom is 0.113 e. The van der Waals surface area contributed by atoms with Crippen molar-refractivity contribution in [2.24, 2.45) is 11.7 Å². The number of aromatic nitrogens is 1. The van der Waals surface area contributed by atoms with Gasteiger partial charge < -0.3 is 5.73 Å². The highest BCUT2D eigenvalue weighted by molar-refractivity contribution is 7.09. The van der Waals surface area contributed by atoms with E-state index in [4.69, 9.17) is 5.73 Å². The fourth-order valence-electron chi connectivity index (χ4n) is 1.11. The molecule has 0 aromatic carbocycles. The second-order valence-electron chi connectivity index (χ2n) is 5.73. The van der Waals surface area contributed by atoms with Crippen LogP contribution in [0.5, 0.6) is 0 Å². The summed E-state index contributed by atoms with van der Waals surface area (Å²) in [4.78, 5) is 4.67. The zero-order valence-corrected chi connectivity index (χ0v) is 11.4. The number of hydrogen-bond acceptors (Lipinski definition) is 3. The van der Waals surface area contributed by atoms with Crippen LogP contribution in [0.4, 0.5) is 0 Å². The first-order valence-corrected chi connectivity index (χ1v) is 6.29. The Morgan fingerprint density at radius 1 is 1.27 bits per heavy atom. The minimum absolute atomic E-state index is 0.113. The molecule has 86 valence electrons. The van der Waals surface area contributed by atoms with Crippen LogP contribution in [0.2, 0.25) is 0 Å². The lowest BCUT2D eigenvalue weighted by Gasteiger charge is -2.26. The molecule has 1 atom stereocenters. The third kappa shape index (κ3) is 2.58. The van der Waals surface area contributed by atoms with Gasteiger partial charge in [-0.05, 0) is 12.8 Å². The average Bonchev–Trinajstić information content (AvgIpc) is 2.50. The third-order valence-corrected chi connectivity index (χ3v) is 4.03. The molecule has 0 spiro atoms. The first-order chi connectivity index (χ1) is 6.65. The van der Waals surface area contributed by atoms with Gasteiger partial charge in [0.1, 0.15) is 5.01 Å². The molecule has 0 saturated heterocycles. The summed E-state index contributed by atoms with van der Waals surface area (Å²) in [5.41, 5.74) is 7.23. The van der Waals surface area contributed by atoms with Crippen molar-refractivity contribution in [3.8, 4) is 0 Å². The van der Waals surface area contributed by atoms with E-state index < -0.39 is 0 Å². The van der Waals surface area contributed by atoms with Crippen LogP contribution in [-0.4, -0.2) is 4.98 Å². The molecule has 1 aromatic heterocycles. The molecule has 15 heavy (non-hydrogen) atoms. The highest BCUT2D eigenvalue weighted by Crippen LogP contribution is 2.32. The summed E-state index contributed by atoms with van der Waals surface area (Å²) < 4.78 is 0. The summed E-state index contributed by atoms with van der Waals surface area (Å²) in [6.45, 7) is 12.9. The van der Waals surface area contributed by atoms with Crippen LogP contribution < -0.4 is 5.73 Å². The fraction of sp³-hybridized carbons (Fsp3) is 0.750. The molecule has 1 rings (SSSR count). The second-order valence-corrected chi connectivity index (χ2v) is 6.58. The van der Waals surface area contributed by atoms with Crippen LogP contribution in [0, 0.1) is 5.92 Å². The highest BCUT2D eigenvalue weighted by Gasteiger charge is 2.30. The van der Waals surface area contributed by atoms with Gasteiger partial charge in [-0.25, -0.2) is 4.98 Å². The minimum atomic E-state index is -0.311. The Morgan fingerprint density at radius 3 is 2.13 bits per heavy atom. The van der Waals surface area contributed by atoms with E-state index in [1.54, 1.807) is 11.3 Å². The largest absolute Gasteiger partial charge is 0.319 e. The Balaban J connectivity index is 3.04. The van der Waals surface area contributed by atoms with Gasteiger partial charge in [-0.1, -0.05) is 34.6 Å². The van der Waals surface area contributed by atoms with E-state index in [9.17, 15) is 0 Å². The van der Waals surface area contributed by atoms with Crippen molar-refractivity contribution in [3.05, 3.63) is 16.1 Å². The van der Waals surface area contributed by atoms with Gasteiger partial charge in [0.05, 0.1) is 11.2 Å². The van der Waals surface area contributed by atoms with Crippen molar-refractivity contribution in [2.75, 3.05) is 0 Å². The molecular formula is C12H22N2S. The molecule has 0 aliphatic rings. The van der Waals surface area contributed by atoms with Crippen molar-refractivity contribution >= 4 is 11.3 Å². The third-order valence-electron chi connectivity index (χ3n) is 2.93. The van der Waals surface area contributed by atoms with Gasteiger partial charge in [0, 0.05) is 10.8 Å². The fourth-order valence-corrected chi connectivity index (χ4v) is 2.38. The van der Waals surface area contributed by atoms with Crippen LogP contribution in [0.3, 0.4) is 0 Å². The van der Waals surface area contributed by atoms with Crippen molar-refractivity contribution in [1.29, 1.82) is 0 Å². The lowest BCUT2D eigenvalue weighted by Crippen LogP contribution is -2.38. The van der Waals surface area contributed by atoms with Crippen LogP contribution >= 0.6 is 11.3 Å². The SMILES string of the molecule is CC(C)C(C)(N)c1nc(C(C)(C)C)cs1. The number of nitrogens with zero attached hydrogens (tertiary/aromatic N) is 1. The molecule has 0 fully saturated rings. The highest BCUT2D eigenvalue weighted by atomic mass is 32.1. The van der Waals surface area contributed by atoms with Gasteiger partial charge in [-0.3, -0.25) is 0 Å². The molecular weight excluding hydrogens is 204 g/mol. The van der Waals surface area contributed by atoms with Gasteiger partial charge in [-0.2, -0.15) is 0 Å². The lowest BCUT2D eigenvalue weighted by molar-refractivity contribution is 0.347. The van der Waals surface area contributed by atoms with Gasteiger partial charge in [0.2, 0.25) is 0 Å². The van der Waals surface area contributed by atoms with Crippen molar-refractivity contribution in [3.63, 3.8) is 0 Å². The summed E-state index contributed by atoms with van der Waals surface area (Å²) in [6.07, 6.45) is 0. The Morgan fingerprint density at radius 2 is 1.80 bits per heavy atom. The summed E-state index contributed by atoms with van der Waals surface area (Å²) in [5.74, 6) is 0.400. The van der Waals surface area contributed by atoms with Crippen molar-refractivity contribution in [1.82, 2.24) is 4.98 Å². The molecule has 1 unspecified atom stereocenters. The zero-order valence-electron chi connectivity index (χ0n) is 10.6. The number of hydrogen-bond donors (Lipinski definition) is 1. The van der Waals surface area contributed by atoms with E-state index >= 15 is 0 Å². The van der Waals surface area contributed by atoms with Crippen LogP contribution in [0.25, 0.3) is 0 Å². The smallest absolute Gasteiger partial charge is 0.113 e. The standard InChI is InChI=1S/C12H22N2S/c1-8(2)12(6,13)10-14-9(7-15-10)11(3,4)5/h7-8H,13H2,1-6H3. The molecule has 1 aromatic rings. The molecule has 2 N–H and O–H groups in total. The van der Waals surface area contributed by atoms with Crippen LogP contribution in [-0.2, 0) is 11.0 Å². The van der Waals surface area contributed by atoms with Gasteiger partial charge in [-0.15, -0.1) is 11.3 Å². The first kappa shape index (κ1) is 12.7. The molecule has 0 saturated carbocycles. The summed E-state index contributed by atoms with van der Waals surface area (Å²) in [7, 11) is 0. The number of rotatable bonds is 2. The molecule has 0 bridgehead atoms. The molecule has 1 heterocycles. The van der Waals surface area contributed by atoms with E-state index in [-0.39, 0.29) is 11.0 Å². The Hall–Kier alpha value is -0.410. The Bertz CT molecular complexity index is 332. The van der Waals surface area contributed by atoms with Gasteiger partial charge in [0.15, 0.2) is 0 Å². The van der Waals surface area contributed by atoms with E-state index in [1.807, 2.05) is 0 Å². The topological polar surface area (TPSA) is 38.9 Å². The van der Waals surface area contributed by atoms with Crippen molar-refractivity contribution in [2.45, 2.75) is 52.5 Å². The molecule has 0 aliphatic heterocycles. The maximum atomic E-state index is 6.29. The molecule has 0 radical (unpaired) electrons. The summed E-state index contributed by atoms with van der Waals surface area (Å²) in [6, 6.07) is 0. The quantitative estimate of drug-likeness (QED) is 0.840. The van der Waals surface area contributed by atoms with Crippen LogP contribution in [0.15, 0.2) is 5.38 Å². The predicted molar refractivity (Wildman–Crippen MR) is 67.2 cm³/mol. The predicted octanol–water partition coefficient (Wildman–Crippen LogP) is 3.27. The maximum absolute atomic E-state index is 6.29. The Labute approximate surface area is 96.9 Å². The number of nitrogens with two attached hydrogens (primary N) is 1. The second kappa shape index (κ2) is 3.87.